The lowest BCUT2D eigenvalue weighted by molar-refractivity contribution is -0.302. The zero-order valence-electron chi connectivity index (χ0n) is 57.4. The zero-order chi connectivity index (χ0) is 64.2. The molecular weight excluding hydrogens is 1100 g/mol. The van der Waals surface area contributed by atoms with Gasteiger partial charge in [0.25, 0.3) is 0 Å². The molecule has 9 nitrogen and oxygen atoms in total. The Balaban J connectivity index is 2.13. The molecule has 7 unspecified atom stereocenters. The Kier molecular flexibility index (Phi) is 63.4. The third-order valence-corrected chi connectivity index (χ3v) is 17.0. The second-order valence-electron chi connectivity index (χ2n) is 25.3. The maximum Gasteiger partial charge on any atom is 0.220 e. The van der Waals surface area contributed by atoms with E-state index in [2.05, 4.69) is 129 Å². The van der Waals surface area contributed by atoms with Gasteiger partial charge in [0.1, 0.15) is 24.4 Å². The minimum Gasteiger partial charge on any atom is -0.394 e. The van der Waals surface area contributed by atoms with Gasteiger partial charge in [-0.15, -0.1) is 0 Å². The van der Waals surface area contributed by atoms with Gasteiger partial charge in [-0.05, 0) is 96.3 Å². The predicted molar refractivity (Wildman–Crippen MR) is 382 cm³/mol. The first-order chi connectivity index (χ1) is 43.8. The summed E-state index contributed by atoms with van der Waals surface area (Å²) in [5.74, 6) is -0.188. The van der Waals surface area contributed by atoms with Gasteiger partial charge in [-0.2, -0.15) is 0 Å². The number of carbonyl (C=O) groups is 1. The summed E-state index contributed by atoms with van der Waals surface area (Å²) in [5, 5.41) is 54.8. The van der Waals surface area contributed by atoms with Crippen LogP contribution in [0, 0.1) is 0 Å². The highest BCUT2D eigenvalue weighted by atomic mass is 16.7. The lowest BCUT2D eigenvalue weighted by atomic mass is 9.99. The molecule has 9 heteroatoms. The van der Waals surface area contributed by atoms with Gasteiger partial charge in [0, 0.05) is 6.42 Å². The van der Waals surface area contributed by atoms with Crippen molar-refractivity contribution in [3.05, 3.63) is 122 Å². The molecule has 0 aromatic heterocycles. The molecule has 1 fully saturated rings. The molecular formula is C80H139NO8. The average Bonchev–Trinajstić information content (AvgIpc) is 2.42. The van der Waals surface area contributed by atoms with Crippen molar-refractivity contribution in [3.8, 4) is 0 Å². The predicted octanol–water partition coefficient (Wildman–Crippen LogP) is 21.0. The molecule has 0 aliphatic carbocycles. The molecule has 1 amide bonds. The molecule has 1 aliphatic heterocycles. The third-order valence-electron chi connectivity index (χ3n) is 17.0. The molecule has 0 saturated carbocycles. The van der Waals surface area contributed by atoms with Crippen LogP contribution in [-0.4, -0.2) is 87.5 Å². The van der Waals surface area contributed by atoms with Crippen molar-refractivity contribution < 1.29 is 39.8 Å². The number of amides is 1. The normalized spacial score (nSPS) is 18.6. The number of carbonyl (C=O) groups excluding carboxylic acids is 1. The van der Waals surface area contributed by atoms with E-state index in [4.69, 9.17) is 9.47 Å². The van der Waals surface area contributed by atoms with Crippen molar-refractivity contribution >= 4 is 5.91 Å². The number of rotatable bonds is 64. The highest BCUT2D eigenvalue weighted by Crippen LogP contribution is 2.23. The van der Waals surface area contributed by atoms with E-state index in [1.54, 1.807) is 6.08 Å². The first kappa shape index (κ1) is 83.6. The number of aliphatic hydroxyl groups is 5. The molecule has 512 valence electrons. The Bertz CT molecular complexity index is 1830. The fraction of sp³-hybridized carbons (Fsp3) is 0.738. The number of allylic oxidation sites excluding steroid dienone is 19. The minimum absolute atomic E-state index is 0.188. The molecule has 6 N–H and O–H groups in total. The van der Waals surface area contributed by atoms with E-state index >= 15 is 0 Å². The van der Waals surface area contributed by atoms with Crippen LogP contribution in [0.1, 0.15) is 322 Å². The molecule has 7 atom stereocenters. The van der Waals surface area contributed by atoms with Crippen molar-refractivity contribution in [1.29, 1.82) is 0 Å². The molecule has 1 aliphatic rings. The first-order valence-corrected chi connectivity index (χ1v) is 37.3. The van der Waals surface area contributed by atoms with Crippen LogP contribution in [0.25, 0.3) is 0 Å². The summed E-state index contributed by atoms with van der Waals surface area (Å²) in [6, 6.07) is -0.831. The Morgan fingerprint density at radius 3 is 1.08 bits per heavy atom. The zero-order valence-corrected chi connectivity index (χ0v) is 57.4. The standard InChI is InChI=1S/C80H139NO8/c1-3-5-7-9-11-13-15-17-19-21-23-25-27-29-31-32-33-34-35-36-37-38-39-40-41-42-44-46-48-50-52-54-56-58-60-62-64-66-68-70-76(84)81-73(72-88-80-79(87)78(86)77(85)75(71-82)89-80)74(83)69-67-65-63-61-59-57-55-53-51-49-47-45-43-30-28-26-24-22-20-18-16-14-12-10-8-6-4-2/h5,7,11,13,17,19,23,25,29,31,33-34,36-37,39-40,59,61,67,69,73-75,77-80,82-83,85-87H,3-4,6,8-10,12,14-16,18,20-22,24,26-28,30,32,35,38,41-58,60,62-66,68,70-72H2,1-2H3,(H,81,84)/b7-5-,13-11-,19-17-,25-23-,31-29-,34-33-,37-36-,40-39-,61-59+,69-67+. The molecule has 0 spiro atoms. The van der Waals surface area contributed by atoms with Crippen LogP contribution < -0.4 is 5.32 Å². The van der Waals surface area contributed by atoms with Crippen molar-refractivity contribution in [2.24, 2.45) is 0 Å². The van der Waals surface area contributed by atoms with Gasteiger partial charge in [0.15, 0.2) is 6.29 Å². The van der Waals surface area contributed by atoms with Gasteiger partial charge in [0.05, 0.1) is 25.4 Å². The SMILES string of the molecule is CC/C=C\C/C=C\C/C=C\C/C=C\C/C=C\C/C=C\C/C=C\C/C=C\CCCCCCCCCCCCCCCCC(=O)NC(COC1OC(CO)C(O)C(O)C1O)C(O)/C=C/CC/C=C/CCCCCCCCCCCCCCCCCCCCCCC. The Labute approximate surface area is 548 Å². The van der Waals surface area contributed by atoms with E-state index in [9.17, 15) is 30.3 Å². The quantitative estimate of drug-likeness (QED) is 0.0261. The van der Waals surface area contributed by atoms with Crippen LogP contribution >= 0.6 is 0 Å². The molecule has 0 aromatic carbocycles. The van der Waals surface area contributed by atoms with E-state index in [1.165, 1.54) is 212 Å². The van der Waals surface area contributed by atoms with Crippen LogP contribution in [-0.2, 0) is 14.3 Å². The average molecular weight is 1240 g/mol. The van der Waals surface area contributed by atoms with Gasteiger partial charge < -0.3 is 40.3 Å². The van der Waals surface area contributed by atoms with E-state index in [0.717, 1.165) is 89.9 Å². The monoisotopic (exact) mass is 1240 g/mol. The number of nitrogens with one attached hydrogen (secondary N) is 1. The molecule has 1 saturated heterocycles. The van der Waals surface area contributed by atoms with Crippen LogP contribution in [0.4, 0.5) is 0 Å². The van der Waals surface area contributed by atoms with Gasteiger partial charge in [-0.3, -0.25) is 4.79 Å². The van der Waals surface area contributed by atoms with E-state index < -0.39 is 49.5 Å². The van der Waals surface area contributed by atoms with Gasteiger partial charge in [-0.1, -0.05) is 341 Å². The Morgan fingerprint density at radius 2 is 0.708 bits per heavy atom. The topological polar surface area (TPSA) is 149 Å². The summed E-state index contributed by atoms with van der Waals surface area (Å²) in [5.41, 5.74) is 0. The number of ether oxygens (including phenoxy) is 2. The number of hydrogen-bond acceptors (Lipinski definition) is 8. The lowest BCUT2D eigenvalue weighted by Gasteiger charge is -2.40. The van der Waals surface area contributed by atoms with Crippen molar-refractivity contribution in [1.82, 2.24) is 5.32 Å². The first-order valence-electron chi connectivity index (χ1n) is 37.3. The summed E-state index contributed by atoms with van der Waals surface area (Å²) in [7, 11) is 0. The summed E-state index contributed by atoms with van der Waals surface area (Å²) >= 11 is 0. The lowest BCUT2D eigenvalue weighted by Crippen LogP contribution is -2.60. The van der Waals surface area contributed by atoms with Crippen LogP contribution in [0.3, 0.4) is 0 Å². The van der Waals surface area contributed by atoms with Crippen LogP contribution in [0.2, 0.25) is 0 Å². The summed E-state index contributed by atoms with van der Waals surface area (Å²) in [6.45, 7) is 3.68. The highest BCUT2D eigenvalue weighted by molar-refractivity contribution is 5.76. The number of unbranched alkanes of at least 4 members (excludes halogenated alkanes) is 36. The summed E-state index contributed by atoms with van der Waals surface area (Å²) in [6.07, 6.45) is 94.6. The Hall–Kier alpha value is -3.41. The third kappa shape index (κ3) is 55.9. The van der Waals surface area contributed by atoms with Crippen LogP contribution in [0.5, 0.6) is 0 Å². The second-order valence-corrected chi connectivity index (χ2v) is 25.3. The number of hydrogen-bond donors (Lipinski definition) is 6. The summed E-state index contributed by atoms with van der Waals surface area (Å²) in [4.78, 5) is 13.1. The van der Waals surface area contributed by atoms with E-state index in [1.807, 2.05) is 6.08 Å². The highest BCUT2D eigenvalue weighted by Gasteiger charge is 2.44. The fourth-order valence-electron chi connectivity index (χ4n) is 11.3. The smallest absolute Gasteiger partial charge is 0.220 e. The largest absolute Gasteiger partial charge is 0.394 e. The van der Waals surface area contributed by atoms with Gasteiger partial charge >= 0.3 is 0 Å². The molecule has 0 bridgehead atoms. The van der Waals surface area contributed by atoms with Crippen molar-refractivity contribution in [2.45, 2.75) is 365 Å². The Morgan fingerprint density at radius 1 is 0.393 bits per heavy atom. The van der Waals surface area contributed by atoms with Crippen molar-refractivity contribution in [3.63, 3.8) is 0 Å². The second kappa shape index (κ2) is 67.5. The maximum absolute atomic E-state index is 13.1. The van der Waals surface area contributed by atoms with Crippen molar-refractivity contribution in [2.75, 3.05) is 13.2 Å². The minimum atomic E-state index is -1.58. The van der Waals surface area contributed by atoms with E-state index in [0.29, 0.717) is 6.42 Å². The fourth-order valence-corrected chi connectivity index (χ4v) is 11.3. The van der Waals surface area contributed by atoms with Gasteiger partial charge in [-0.25, -0.2) is 0 Å². The molecule has 1 heterocycles. The molecule has 89 heavy (non-hydrogen) atoms. The molecule has 1 rings (SSSR count). The number of aliphatic hydroxyl groups excluding tert-OH is 5. The van der Waals surface area contributed by atoms with Gasteiger partial charge in [0.2, 0.25) is 5.91 Å². The van der Waals surface area contributed by atoms with E-state index in [-0.39, 0.29) is 12.5 Å². The molecule has 0 aromatic rings. The molecule has 0 radical (unpaired) electrons. The maximum atomic E-state index is 13.1. The summed E-state index contributed by atoms with van der Waals surface area (Å²) < 4.78 is 11.3. The van der Waals surface area contributed by atoms with Crippen LogP contribution in [0.15, 0.2) is 122 Å².